The normalized spacial score (nSPS) is 11.6. The van der Waals surface area contributed by atoms with Crippen LogP contribution in [0.15, 0.2) is 0 Å². The lowest BCUT2D eigenvalue weighted by Crippen LogP contribution is -2.35. The monoisotopic (exact) mass is 201 g/mol. The molecule has 1 unspecified atom stereocenters. The molecule has 2 nitrogen and oxygen atoms in total. The third-order valence-corrected chi connectivity index (χ3v) is 1.87. The molecule has 0 aromatic heterocycles. The minimum Gasteiger partial charge on any atom is -0.353 e. The molecule has 1 amide bonds. The summed E-state index contributed by atoms with van der Waals surface area (Å²) in [6, 6.07) is 0.300. The van der Waals surface area contributed by atoms with E-state index in [1.807, 2.05) is 13.8 Å². The van der Waals surface area contributed by atoms with Crippen LogP contribution in [0.5, 0.6) is 0 Å². The fourth-order valence-electron chi connectivity index (χ4n) is 0.720. The van der Waals surface area contributed by atoms with Gasteiger partial charge in [0.1, 0.15) is 0 Å². The van der Waals surface area contributed by atoms with E-state index in [0.29, 0.717) is 18.4 Å². The second-order valence-electron chi connectivity index (χ2n) is 4.06. The highest BCUT2D eigenvalue weighted by Gasteiger charge is 2.08. The van der Waals surface area contributed by atoms with E-state index in [0.717, 1.165) is 6.42 Å². The maximum Gasteiger partial charge on any atom is 0.220 e. The number of hydrogen-bond donors (Lipinski definition) is 1. The number of carbonyl (C=O) groups excluding carboxylic acids is 1. The summed E-state index contributed by atoms with van der Waals surface area (Å²) in [6.45, 7) is 12.5. The summed E-state index contributed by atoms with van der Waals surface area (Å²) in [4.78, 5) is 11.0. The highest BCUT2D eigenvalue weighted by atomic mass is 16.1. The van der Waals surface area contributed by atoms with E-state index >= 15 is 0 Å². The first-order valence-electron chi connectivity index (χ1n) is 5.78. The summed E-state index contributed by atoms with van der Waals surface area (Å²) in [6.07, 6.45) is 2.83. The SMILES string of the molecule is CCC.CCCC(=O)NC(C)C(C)C. The van der Waals surface area contributed by atoms with Gasteiger partial charge < -0.3 is 5.32 Å². The molecule has 1 N–H and O–H groups in total. The summed E-state index contributed by atoms with van der Waals surface area (Å²) < 4.78 is 0. The smallest absolute Gasteiger partial charge is 0.220 e. The molecule has 14 heavy (non-hydrogen) atoms. The standard InChI is InChI=1S/C9H19NO.C3H8/c1-5-6-9(11)10-8(4)7(2)3;1-3-2/h7-8H,5-6H2,1-4H3,(H,10,11);3H2,1-2H3. The molecule has 86 valence electrons. The quantitative estimate of drug-likeness (QED) is 0.742. The van der Waals surface area contributed by atoms with Gasteiger partial charge in [0.25, 0.3) is 0 Å². The number of carbonyl (C=O) groups is 1. The largest absolute Gasteiger partial charge is 0.353 e. The Balaban J connectivity index is 0. The van der Waals surface area contributed by atoms with Crippen molar-refractivity contribution in [1.29, 1.82) is 0 Å². The maximum absolute atomic E-state index is 11.0. The lowest BCUT2D eigenvalue weighted by molar-refractivity contribution is -0.122. The fraction of sp³-hybridized carbons (Fsp3) is 0.917. The van der Waals surface area contributed by atoms with Crippen LogP contribution >= 0.6 is 0 Å². The molecule has 0 aliphatic heterocycles. The second-order valence-corrected chi connectivity index (χ2v) is 4.06. The Morgan fingerprint density at radius 1 is 1.14 bits per heavy atom. The molecule has 0 rings (SSSR count). The van der Waals surface area contributed by atoms with Crippen LogP contribution < -0.4 is 5.32 Å². The molecule has 0 heterocycles. The van der Waals surface area contributed by atoms with E-state index in [1.165, 1.54) is 6.42 Å². The summed E-state index contributed by atoms with van der Waals surface area (Å²) >= 11 is 0. The number of nitrogens with one attached hydrogen (secondary N) is 1. The highest BCUT2D eigenvalue weighted by Crippen LogP contribution is 2.00. The molecule has 0 saturated carbocycles. The van der Waals surface area contributed by atoms with Gasteiger partial charge in [0, 0.05) is 12.5 Å². The number of rotatable bonds is 4. The Hall–Kier alpha value is -0.530. The van der Waals surface area contributed by atoms with Crippen molar-refractivity contribution in [3.63, 3.8) is 0 Å². The van der Waals surface area contributed by atoms with Gasteiger partial charge in [-0.1, -0.05) is 41.0 Å². The minimum absolute atomic E-state index is 0.175. The van der Waals surface area contributed by atoms with Crippen molar-refractivity contribution in [2.45, 2.75) is 66.8 Å². The molecule has 0 spiro atoms. The minimum atomic E-state index is 0.175. The first kappa shape index (κ1) is 15.9. The van der Waals surface area contributed by atoms with Crippen molar-refractivity contribution in [2.75, 3.05) is 0 Å². The van der Waals surface area contributed by atoms with Crippen LogP contribution in [0.25, 0.3) is 0 Å². The van der Waals surface area contributed by atoms with E-state index in [1.54, 1.807) is 0 Å². The first-order chi connectivity index (χ1) is 6.49. The zero-order valence-electron chi connectivity index (χ0n) is 10.7. The zero-order chi connectivity index (χ0) is 11.6. The third kappa shape index (κ3) is 11.5. The van der Waals surface area contributed by atoms with Gasteiger partial charge in [-0.25, -0.2) is 0 Å². The molecule has 1 atom stereocenters. The molecule has 0 aliphatic rings. The Morgan fingerprint density at radius 2 is 1.57 bits per heavy atom. The van der Waals surface area contributed by atoms with Crippen molar-refractivity contribution < 1.29 is 4.79 Å². The molecule has 0 radical (unpaired) electrons. The lowest BCUT2D eigenvalue weighted by Gasteiger charge is -2.16. The predicted octanol–water partition coefficient (Wildman–Crippen LogP) is 3.36. The van der Waals surface area contributed by atoms with Gasteiger partial charge >= 0.3 is 0 Å². The van der Waals surface area contributed by atoms with Crippen LogP contribution in [-0.2, 0) is 4.79 Å². The lowest BCUT2D eigenvalue weighted by atomic mass is 10.1. The van der Waals surface area contributed by atoms with E-state index in [9.17, 15) is 4.79 Å². The maximum atomic E-state index is 11.0. The van der Waals surface area contributed by atoms with Crippen LogP contribution in [0.3, 0.4) is 0 Å². The fourth-order valence-corrected chi connectivity index (χ4v) is 0.720. The van der Waals surface area contributed by atoms with Crippen molar-refractivity contribution >= 4 is 5.91 Å². The molecule has 0 fully saturated rings. The number of amides is 1. The Labute approximate surface area is 89.5 Å². The molecule has 0 saturated heterocycles. The van der Waals surface area contributed by atoms with Crippen LogP contribution in [0, 0.1) is 5.92 Å². The van der Waals surface area contributed by atoms with E-state index < -0.39 is 0 Å². The van der Waals surface area contributed by atoms with Crippen molar-refractivity contribution in [3.8, 4) is 0 Å². The third-order valence-electron chi connectivity index (χ3n) is 1.87. The molecular weight excluding hydrogens is 174 g/mol. The molecule has 0 aromatic rings. The second kappa shape index (κ2) is 10.6. The van der Waals surface area contributed by atoms with Gasteiger partial charge in [0.05, 0.1) is 0 Å². The summed E-state index contributed by atoms with van der Waals surface area (Å²) in [5.41, 5.74) is 0. The molecule has 0 aliphatic carbocycles. The van der Waals surface area contributed by atoms with Crippen molar-refractivity contribution in [1.82, 2.24) is 5.32 Å². The Morgan fingerprint density at radius 3 is 1.86 bits per heavy atom. The molecule has 2 heteroatoms. The van der Waals surface area contributed by atoms with E-state index in [4.69, 9.17) is 0 Å². The van der Waals surface area contributed by atoms with Crippen molar-refractivity contribution in [3.05, 3.63) is 0 Å². The van der Waals surface area contributed by atoms with Gasteiger partial charge in [-0.3, -0.25) is 4.79 Å². The average Bonchev–Trinajstić information content (AvgIpc) is 2.05. The average molecular weight is 201 g/mol. The van der Waals surface area contributed by atoms with Gasteiger partial charge in [-0.05, 0) is 19.3 Å². The Bertz CT molecular complexity index is 132. The van der Waals surface area contributed by atoms with Gasteiger partial charge in [-0.15, -0.1) is 0 Å². The van der Waals surface area contributed by atoms with Crippen LogP contribution in [0.2, 0.25) is 0 Å². The zero-order valence-corrected chi connectivity index (χ0v) is 10.7. The molecule has 0 bridgehead atoms. The highest BCUT2D eigenvalue weighted by molar-refractivity contribution is 5.76. The van der Waals surface area contributed by atoms with Gasteiger partial charge in [0.2, 0.25) is 5.91 Å². The van der Waals surface area contributed by atoms with Crippen LogP contribution in [0.1, 0.15) is 60.8 Å². The molecular formula is C12H27NO. The summed E-state index contributed by atoms with van der Waals surface area (Å²) in [5.74, 6) is 0.699. The van der Waals surface area contributed by atoms with Crippen molar-refractivity contribution in [2.24, 2.45) is 5.92 Å². The van der Waals surface area contributed by atoms with Crippen LogP contribution in [-0.4, -0.2) is 11.9 Å². The van der Waals surface area contributed by atoms with Crippen LogP contribution in [0.4, 0.5) is 0 Å². The Kier molecular flexibility index (Phi) is 12.0. The van der Waals surface area contributed by atoms with E-state index in [2.05, 4.69) is 33.0 Å². The topological polar surface area (TPSA) is 29.1 Å². The summed E-state index contributed by atoms with van der Waals surface area (Å²) in [7, 11) is 0. The molecule has 0 aromatic carbocycles. The number of hydrogen-bond acceptors (Lipinski definition) is 1. The summed E-state index contributed by atoms with van der Waals surface area (Å²) in [5, 5.41) is 2.94. The van der Waals surface area contributed by atoms with E-state index in [-0.39, 0.29) is 5.91 Å². The predicted molar refractivity (Wildman–Crippen MR) is 63.3 cm³/mol. The first-order valence-corrected chi connectivity index (χ1v) is 5.78. The van der Waals surface area contributed by atoms with Gasteiger partial charge in [0.15, 0.2) is 0 Å². The van der Waals surface area contributed by atoms with Gasteiger partial charge in [-0.2, -0.15) is 0 Å².